The number of aryl methyl sites for hydroxylation is 1. The van der Waals surface area contributed by atoms with Crippen LogP contribution in [0.5, 0.6) is 0 Å². The standard InChI is InChI=1S/C13H18NO2Si/c1-3-15-17(16-4-2)13-10-6-5-8-12(13)9-7-11-14/h5-6,8,10H,3-4,7,9H2,1-2H3. The van der Waals surface area contributed by atoms with Crippen LogP contribution in [-0.2, 0) is 15.3 Å². The molecule has 1 rings (SSSR count). The van der Waals surface area contributed by atoms with E-state index in [-0.39, 0.29) is 0 Å². The summed E-state index contributed by atoms with van der Waals surface area (Å²) < 4.78 is 11.4. The Hall–Kier alpha value is -1.15. The third kappa shape index (κ3) is 4.31. The third-order valence-electron chi connectivity index (χ3n) is 2.29. The molecule has 0 heterocycles. The molecule has 0 atom stereocenters. The van der Waals surface area contributed by atoms with Gasteiger partial charge in [-0.2, -0.15) is 5.26 Å². The second kappa shape index (κ2) is 8.01. The summed E-state index contributed by atoms with van der Waals surface area (Å²) in [5.74, 6) is 0. The van der Waals surface area contributed by atoms with Crippen molar-refractivity contribution >= 4 is 14.5 Å². The van der Waals surface area contributed by atoms with E-state index in [0.29, 0.717) is 19.6 Å². The van der Waals surface area contributed by atoms with Crippen LogP contribution in [0.15, 0.2) is 24.3 Å². The first-order chi connectivity index (χ1) is 8.33. The normalized spacial score (nSPS) is 10.5. The molecule has 1 radical (unpaired) electrons. The molecule has 91 valence electrons. The molecule has 0 bridgehead atoms. The molecular formula is C13H18NO2Si. The van der Waals surface area contributed by atoms with Crippen molar-refractivity contribution in [2.24, 2.45) is 0 Å². The van der Waals surface area contributed by atoms with Gasteiger partial charge in [0.05, 0.1) is 6.07 Å². The van der Waals surface area contributed by atoms with Crippen LogP contribution in [0.1, 0.15) is 25.8 Å². The lowest BCUT2D eigenvalue weighted by molar-refractivity contribution is 0.225. The molecule has 3 nitrogen and oxygen atoms in total. The van der Waals surface area contributed by atoms with Crippen molar-refractivity contribution in [1.82, 2.24) is 0 Å². The SMILES string of the molecule is CCO[Si](OCC)c1ccccc1CCC#N. The van der Waals surface area contributed by atoms with E-state index in [1.54, 1.807) is 0 Å². The minimum atomic E-state index is -1.39. The average molecular weight is 248 g/mol. The Kier molecular flexibility index (Phi) is 6.56. The van der Waals surface area contributed by atoms with Gasteiger partial charge in [-0.25, -0.2) is 0 Å². The Labute approximate surface area is 105 Å². The molecule has 0 amide bonds. The monoisotopic (exact) mass is 248 g/mol. The van der Waals surface area contributed by atoms with E-state index in [4.69, 9.17) is 14.1 Å². The van der Waals surface area contributed by atoms with Gasteiger partial charge >= 0.3 is 9.28 Å². The minimum Gasteiger partial charge on any atom is -0.390 e. The zero-order valence-corrected chi connectivity index (χ0v) is 11.4. The van der Waals surface area contributed by atoms with E-state index < -0.39 is 9.28 Å². The maximum Gasteiger partial charge on any atom is 0.423 e. The van der Waals surface area contributed by atoms with Crippen LogP contribution >= 0.6 is 0 Å². The van der Waals surface area contributed by atoms with Gasteiger partial charge in [-0.15, -0.1) is 0 Å². The van der Waals surface area contributed by atoms with E-state index in [1.807, 2.05) is 32.0 Å². The molecule has 0 N–H and O–H groups in total. The van der Waals surface area contributed by atoms with E-state index in [2.05, 4.69) is 12.1 Å². The predicted octanol–water partition coefficient (Wildman–Crippen LogP) is 1.91. The molecule has 17 heavy (non-hydrogen) atoms. The van der Waals surface area contributed by atoms with Crippen LogP contribution in [0.25, 0.3) is 0 Å². The number of nitrogens with zero attached hydrogens (tertiary/aromatic N) is 1. The smallest absolute Gasteiger partial charge is 0.390 e. The van der Waals surface area contributed by atoms with Gasteiger partial charge in [-0.3, -0.25) is 0 Å². The maximum absolute atomic E-state index is 8.66. The van der Waals surface area contributed by atoms with Crippen LogP contribution < -0.4 is 5.19 Å². The van der Waals surface area contributed by atoms with E-state index in [0.717, 1.165) is 11.6 Å². The summed E-state index contributed by atoms with van der Waals surface area (Å²) in [6, 6.07) is 10.3. The Bertz CT molecular complexity index is 370. The molecule has 4 heteroatoms. The highest BCUT2D eigenvalue weighted by Crippen LogP contribution is 2.04. The first-order valence-corrected chi connectivity index (χ1v) is 7.22. The maximum atomic E-state index is 8.66. The highest BCUT2D eigenvalue weighted by atomic mass is 28.3. The van der Waals surface area contributed by atoms with Crippen molar-refractivity contribution in [2.75, 3.05) is 13.2 Å². The molecule has 1 aromatic rings. The van der Waals surface area contributed by atoms with Gasteiger partial charge in [0.25, 0.3) is 0 Å². The fourth-order valence-electron chi connectivity index (χ4n) is 1.59. The van der Waals surface area contributed by atoms with Gasteiger partial charge in [0.15, 0.2) is 0 Å². The topological polar surface area (TPSA) is 42.2 Å². The summed E-state index contributed by atoms with van der Waals surface area (Å²) in [4.78, 5) is 0. The third-order valence-corrected chi connectivity index (χ3v) is 4.32. The van der Waals surface area contributed by atoms with Crippen molar-refractivity contribution in [3.63, 3.8) is 0 Å². The lowest BCUT2D eigenvalue weighted by Gasteiger charge is -2.16. The quantitative estimate of drug-likeness (QED) is 0.692. The van der Waals surface area contributed by atoms with E-state index in [1.165, 1.54) is 5.56 Å². The summed E-state index contributed by atoms with van der Waals surface area (Å²) in [5, 5.41) is 9.80. The van der Waals surface area contributed by atoms with Crippen LogP contribution in [0, 0.1) is 11.3 Å². The van der Waals surface area contributed by atoms with Crippen LogP contribution in [0.3, 0.4) is 0 Å². The fraction of sp³-hybridized carbons (Fsp3) is 0.462. The summed E-state index contributed by atoms with van der Waals surface area (Å²) in [6.07, 6.45) is 1.30. The number of benzene rings is 1. The Balaban J connectivity index is 2.88. The molecule has 0 spiro atoms. The van der Waals surface area contributed by atoms with Gasteiger partial charge in [0.2, 0.25) is 0 Å². The first-order valence-electron chi connectivity index (χ1n) is 5.91. The highest BCUT2D eigenvalue weighted by molar-refractivity contribution is 6.61. The lowest BCUT2D eigenvalue weighted by atomic mass is 10.1. The molecule has 0 fully saturated rings. The molecule has 0 aliphatic heterocycles. The number of nitriles is 1. The van der Waals surface area contributed by atoms with Crippen molar-refractivity contribution in [1.29, 1.82) is 5.26 Å². The summed E-state index contributed by atoms with van der Waals surface area (Å²) in [6.45, 7) is 5.25. The number of rotatable bonds is 7. The molecule has 0 unspecified atom stereocenters. The fourth-order valence-corrected chi connectivity index (χ4v) is 3.21. The molecule has 1 aromatic carbocycles. The van der Waals surface area contributed by atoms with E-state index in [9.17, 15) is 0 Å². The molecule has 0 aliphatic rings. The average Bonchev–Trinajstić information content (AvgIpc) is 2.36. The van der Waals surface area contributed by atoms with Crippen molar-refractivity contribution in [3.05, 3.63) is 29.8 Å². The van der Waals surface area contributed by atoms with Gasteiger partial charge in [0, 0.05) is 19.6 Å². The molecule has 0 aliphatic carbocycles. The Morgan fingerprint density at radius 1 is 1.18 bits per heavy atom. The number of hydrogen-bond donors (Lipinski definition) is 0. The predicted molar refractivity (Wildman–Crippen MR) is 69.0 cm³/mol. The van der Waals surface area contributed by atoms with Crippen LogP contribution in [-0.4, -0.2) is 22.5 Å². The minimum absolute atomic E-state index is 0.532. The zero-order chi connectivity index (χ0) is 12.5. The molecule has 0 saturated carbocycles. The molecule has 0 aromatic heterocycles. The summed E-state index contributed by atoms with van der Waals surface area (Å²) in [5.41, 5.74) is 1.17. The van der Waals surface area contributed by atoms with Gasteiger partial charge in [-0.1, -0.05) is 24.3 Å². The largest absolute Gasteiger partial charge is 0.423 e. The highest BCUT2D eigenvalue weighted by Gasteiger charge is 2.20. The van der Waals surface area contributed by atoms with E-state index >= 15 is 0 Å². The molecular weight excluding hydrogens is 230 g/mol. The van der Waals surface area contributed by atoms with Crippen LogP contribution in [0.4, 0.5) is 0 Å². The summed E-state index contributed by atoms with van der Waals surface area (Å²) >= 11 is 0. The second-order valence-electron chi connectivity index (χ2n) is 3.47. The summed E-state index contributed by atoms with van der Waals surface area (Å²) in [7, 11) is -1.39. The van der Waals surface area contributed by atoms with Gasteiger partial charge in [0.1, 0.15) is 0 Å². The Morgan fingerprint density at radius 3 is 2.41 bits per heavy atom. The van der Waals surface area contributed by atoms with Crippen molar-refractivity contribution < 1.29 is 8.85 Å². The van der Waals surface area contributed by atoms with Gasteiger partial charge in [-0.05, 0) is 31.0 Å². The van der Waals surface area contributed by atoms with Crippen molar-refractivity contribution in [2.45, 2.75) is 26.7 Å². The first kappa shape index (κ1) is 13.9. The second-order valence-corrected chi connectivity index (χ2v) is 5.16. The van der Waals surface area contributed by atoms with Crippen LogP contribution in [0.2, 0.25) is 0 Å². The zero-order valence-electron chi connectivity index (χ0n) is 10.4. The Morgan fingerprint density at radius 2 is 1.82 bits per heavy atom. The van der Waals surface area contributed by atoms with Crippen molar-refractivity contribution in [3.8, 4) is 6.07 Å². The van der Waals surface area contributed by atoms with Gasteiger partial charge < -0.3 is 8.85 Å². The lowest BCUT2D eigenvalue weighted by Crippen LogP contribution is -2.39. The number of hydrogen-bond acceptors (Lipinski definition) is 3. The molecule has 0 saturated heterocycles.